The van der Waals surface area contributed by atoms with Crippen molar-refractivity contribution in [1.29, 1.82) is 0 Å². The van der Waals surface area contributed by atoms with Crippen LogP contribution in [0.4, 0.5) is 0 Å². The highest BCUT2D eigenvalue weighted by Gasteiger charge is 2.30. The van der Waals surface area contributed by atoms with Gasteiger partial charge in [0.25, 0.3) is 0 Å². The molecule has 0 aliphatic carbocycles. The van der Waals surface area contributed by atoms with Crippen molar-refractivity contribution >= 4 is 33.1 Å². The molecule has 1 fully saturated rings. The van der Waals surface area contributed by atoms with Gasteiger partial charge in [0.15, 0.2) is 0 Å². The number of thioether (sulfide) groups is 1. The summed E-state index contributed by atoms with van der Waals surface area (Å²) < 4.78 is 26.2. The fourth-order valence-corrected chi connectivity index (χ4v) is 5.66. The van der Waals surface area contributed by atoms with Crippen LogP contribution in [0, 0.1) is 0 Å². The van der Waals surface area contributed by atoms with E-state index in [9.17, 15) is 8.42 Å². The Morgan fingerprint density at radius 1 is 1.59 bits per heavy atom. The molecule has 1 saturated heterocycles. The van der Waals surface area contributed by atoms with Gasteiger partial charge in [0.1, 0.15) is 0 Å². The number of rotatable bonds is 4. The molecule has 0 amide bonds. The Morgan fingerprint density at radius 3 is 2.88 bits per heavy atom. The van der Waals surface area contributed by atoms with Crippen molar-refractivity contribution < 1.29 is 8.42 Å². The topological polar surface area (TPSA) is 63.4 Å². The van der Waals surface area contributed by atoms with Gasteiger partial charge in [-0.25, -0.2) is 8.42 Å². The van der Waals surface area contributed by atoms with E-state index in [0.717, 1.165) is 22.8 Å². The van der Waals surface area contributed by atoms with Crippen LogP contribution >= 0.6 is 23.1 Å². The second-order valence-electron chi connectivity index (χ2n) is 3.99. The quantitative estimate of drug-likeness (QED) is 0.909. The number of thiophene rings is 1. The molecule has 7 heteroatoms. The second-order valence-corrected chi connectivity index (χ2v) is 8.13. The van der Waals surface area contributed by atoms with E-state index in [4.69, 9.17) is 5.73 Å². The van der Waals surface area contributed by atoms with Gasteiger partial charge >= 0.3 is 0 Å². The summed E-state index contributed by atoms with van der Waals surface area (Å²) in [4.78, 5) is 1.28. The minimum Gasteiger partial charge on any atom is -0.326 e. The van der Waals surface area contributed by atoms with Crippen molar-refractivity contribution in [2.45, 2.75) is 23.9 Å². The normalized spacial score (nSPS) is 21.2. The van der Waals surface area contributed by atoms with Crippen molar-refractivity contribution in [3.63, 3.8) is 0 Å². The van der Waals surface area contributed by atoms with E-state index >= 15 is 0 Å². The minimum atomic E-state index is -3.34. The van der Waals surface area contributed by atoms with Gasteiger partial charge in [0.2, 0.25) is 10.0 Å². The maximum atomic E-state index is 12.3. The molecule has 0 radical (unpaired) electrons. The average molecular weight is 292 g/mol. The molecule has 1 aromatic heterocycles. The number of nitrogens with zero attached hydrogens (tertiary/aromatic N) is 1. The first-order valence-electron chi connectivity index (χ1n) is 5.39. The molecule has 0 bridgehead atoms. The summed E-state index contributed by atoms with van der Waals surface area (Å²) in [5, 5.41) is 1.68. The summed E-state index contributed by atoms with van der Waals surface area (Å²) in [6.45, 7) is 0.392. The smallest absolute Gasteiger partial charge is 0.243 e. The molecular weight excluding hydrogens is 276 g/mol. The first-order valence-corrected chi connectivity index (χ1v) is 8.86. The van der Waals surface area contributed by atoms with Crippen LogP contribution < -0.4 is 5.73 Å². The van der Waals surface area contributed by atoms with E-state index in [1.54, 1.807) is 18.5 Å². The summed E-state index contributed by atoms with van der Waals surface area (Å²) in [6, 6.07) is 1.81. The highest BCUT2D eigenvalue weighted by atomic mass is 32.2. The lowest BCUT2D eigenvalue weighted by Crippen LogP contribution is -2.36. The van der Waals surface area contributed by atoms with Crippen LogP contribution in [0.2, 0.25) is 0 Å². The minimum absolute atomic E-state index is 0.131. The van der Waals surface area contributed by atoms with E-state index in [1.807, 2.05) is 11.8 Å². The van der Waals surface area contributed by atoms with Crippen molar-refractivity contribution in [1.82, 2.24) is 4.31 Å². The standard InChI is InChI=1S/C10H16N2O2S3/c1-12(8-2-3-15-6-8)17(13,14)10-4-9(5-11)16-7-10/h4,7-8H,2-3,5-6,11H2,1H3. The van der Waals surface area contributed by atoms with Gasteiger partial charge in [0.05, 0.1) is 4.90 Å². The van der Waals surface area contributed by atoms with E-state index in [1.165, 1.54) is 15.6 Å². The van der Waals surface area contributed by atoms with E-state index in [-0.39, 0.29) is 6.04 Å². The number of sulfonamides is 1. The Kier molecular flexibility index (Phi) is 4.14. The molecule has 1 aromatic rings. The third-order valence-electron chi connectivity index (χ3n) is 2.93. The maximum Gasteiger partial charge on any atom is 0.243 e. The first kappa shape index (κ1) is 13.4. The van der Waals surface area contributed by atoms with Gasteiger partial charge in [-0.1, -0.05) is 0 Å². The van der Waals surface area contributed by atoms with E-state index in [2.05, 4.69) is 0 Å². The van der Waals surface area contributed by atoms with Crippen LogP contribution in [0.25, 0.3) is 0 Å². The van der Waals surface area contributed by atoms with Gasteiger partial charge in [-0.2, -0.15) is 16.1 Å². The van der Waals surface area contributed by atoms with Crippen molar-refractivity contribution in [2.24, 2.45) is 5.73 Å². The zero-order chi connectivity index (χ0) is 12.5. The lowest BCUT2D eigenvalue weighted by Gasteiger charge is -2.22. The summed E-state index contributed by atoms with van der Waals surface area (Å²) in [6.07, 6.45) is 0.939. The molecule has 17 heavy (non-hydrogen) atoms. The molecule has 0 spiro atoms. The lowest BCUT2D eigenvalue weighted by molar-refractivity contribution is 0.395. The zero-order valence-electron chi connectivity index (χ0n) is 9.63. The van der Waals surface area contributed by atoms with Gasteiger partial charge in [-0.05, 0) is 18.2 Å². The highest BCUT2D eigenvalue weighted by Crippen LogP contribution is 2.28. The fourth-order valence-electron chi connectivity index (χ4n) is 1.77. The number of nitrogens with two attached hydrogens (primary N) is 1. The van der Waals surface area contributed by atoms with Crippen molar-refractivity contribution in [3.05, 3.63) is 16.3 Å². The molecule has 0 aromatic carbocycles. The van der Waals surface area contributed by atoms with Crippen molar-refractivity contribution in [2.75, 3.05) is 18.6 Å². The Morgan fingerprint density at radius 2 is 2.35 bits per heavy atom. The van der Waals surface area contributed by atoms with Crippen molar-refractivity contribution in [3.8, 4) is 0 Å². The average Bonchev–Trinajstić information content (AvgIpc) is 2.98. The predicted octanol–water partition coefficient (Wildman–Crippen LogP) is 1.33. The predicted molar refractivity (Wildman–Crippen MR) is 72.9 cm³/mol. The molecule has 1 aliphatic heterocycles. The monoisotopic (exact) mass is 292 g/mol. The third kappa shape index (κ3) is 2.68. The summed E-state index contributed by atoms with van der Waals surface area (Å²) in [5.74, 6) is 1.94. The van der Waals surface area contributed by atoms with Crippen LogP contribution in [0.3, 0.4) is 0 Å². The Labute approximate surface area is 110 Å². The molecule has 2 rings (SSSR count). The summed E-state index contributed by atoms with van der Waals surface area (Å²) in [5.41, 5.74) is 5.50. The first-order chi connectivity index (χ1) is 8.05. The molecule has 1 unspecified atom stereocenters. The van der Waals surface area contributed by atoms with Gasteiger partial charge < -0.3 is 5.73 Å². The second kappa shape index (κ2) is 5.27. The molecule has 2 heterocycles. The van der Waals surface area contributed by atoms with Gasteiger partial charge in [-0.15, -0.1) is 11.3 Å². The Hall–Kier alpha value is -0.0800. The van der Waals surface area contributed by atoms with Crippen LogP contribution in [-0.2, 0) is 16.6 Å². The van der Waals surface area contributed by atoms with Crippen LogP contribution in [-0.4, -0.2) is 37.3 Å². The molecule has 2 N–H and O–H groups in total. The van der Waals surface area contributed by atoms with E-state index < -0.39 is 10.0 Å². The Bertz CT molecular complexity index is 477. The molecular formula is C10H16N2O2S3. The Balaban J connectivity index is 2.22. The molecule has 0 saturated carbocycles. The van der Waals surface area contributed by atoms with Crippen LogP contribution in [0.5, 0.6) is 0 Å². The fraction of sp³-hybridized carbons (Fsp3) is 0.600. The highest BCUT2D eigenvalue weighted by molar-refractivity contribution is 7.99. The SMILES string of the molecule is CN(C1CCSC1)S(=O)(=O)c1csc(CN)c1. The van der Waals surface area contributed by atoms with E-state index in [0.29, 0.717) is 11.4 Å². The number of hydrogen-bond acceptors (Lipinski definition) is 5. The van der Waals surface area contributed by atoms with Crippen LogP contribution in [0.15, 0.2) is 16.3 Å². The largest absolute Gasteiger partial charge is 0.326 e. The summed E-state index contributed by atoms with van der Waals surface area (Å²) >= 11 is 3.21. The molecule has 96 valence electrons. The van der Waals surface area contributed by atoms with Gasteiger partial charge in [-0.3, -0.25) is 0 Å². The molecule has 4 nitrogen and oxygen atoms in total. The summed E-state index contributed by atoms with van der Waals surface area (Å²) in [7, 11) is -1.66. The third-order valence-corrected chi connectivity index (χ3v) is 7.07. The maximum absolute atomic E-state index is 12.3. The van der Waals surface area contributed by atoms with Crippen LogP contribution in [0.1, 0.15) is 11.3 Å². The zero-order valence-corrected chi connectivity index (χ0v) is 12.1. The van der Waals surface area contributed by atoms with Gasteiger partial charge in [0, 0.05) is 35.6 Å². The molecule has 1 aliphatic rings. The molecule has 1 atom stereocenters. The number of hydrogen-bond donors (Lipinski definition) is 1. The lowest BCUT2D eigenvalue weighted by atomic mass is 10.3.